The summed E-state index contributed by atoms with van der Waals surface area (Å²) < 4.78 is 0. The molecule has 1 heterocycles. The number of nitrogens with zero attached hydrogens (tertiary/aromatic N) is 2. The summed E-state index contributed by atoms with van der Waals surface area (Å²) in [6.45, 7) is 2.10. The van der Waals surface area contributed by atoms with Gasteiger partial charge in [0.25, 0.3) is 0 Å². The number of nitrogens with one attached hydrogen (secondary N) is 1. The minimum absolute atomic E-state index is 0.481. The van der Waals surface area contributed by atoms with Gasteiger partial charge in [0.2, 0.25) is 0 Å². The molecule has 0 amide bonds. The lowest BCUT2D eigenvalue weighted by atomic mass is 10.1. The number of hydrogen-bond donors (Lipinski definition) is 1. The van der Waals surface area contributed by atoms with Gasteiger partial charge in [0.15, 0.2) is 0 Å². The van der Waals surface area contributed by atoms with Crippen molar-refractivity contribution in [3.63, 3.8) is 0 Å². The van der Waals surface area contributed by atoms with E-state index in [4.69, 9.17) is 16.9 Å². The molecule has 0 aliphatic carbocycles. The first-order chi connectivity index (χ1) is 8.22. The number of halogens is 1. The molecular formula is C13H16ClN3. The van der Waals surface area contributed by atoms with E-state index in [-0.39, 0.29) is 0 Å². The first kappa shape index (κ1) is 12.2. The molecule has 90 valence electrons. The maximum absolute atomic E-state index is 8.81. The van der Waals surface area contributed by atoms with E-state index in [1.165, 1.54) is 12.8 Å². The van der Waals surface area contributed by atoms with Gasteiger partial charge in [-0.15, -0.1) is 0 Å². The summed E-state index contributed by atoms with van der Waals surface area (Å²) in [4.78, 5) is 2.20. The van der Waals surface area contributed by atoms with Crippen LogP contribution in [0.5, 0.6) is 0 Å². The van der Waals surface area contributed by atoms with E-state index in [0.29, 0.717) is 16.6 Å². The van der Waals surface area contributed by atoms with Crippen LogP contribution in [0.4, 0.5) is 5.69 Å². The minimum Gasteiger partial charge on any atom is -0.369 e. The molecule has 0 saturated carbocycles. The van der Waals surface area contributed by atoms with Crippen LogP contribution in [-0.2, 0) is 0 Å². The van der Waals surface area contributed by atoms with Gasteiger partial charge < -0.3 is 10.2 Å². The van der Waals surface area contributed by atoms with Gasteiger partial charge >= 0.3 is 0 Å². The first-order valence-corrected chi connectivity index (χ1v) is 6.23. The van der Waals surface area contributed by atoms with E-state index in [2.05, 4.69) is 23.3 Å². The van der Waals surface area contributed by atoms with Gasteiger partial charge in [0.1, 0.15) is 0 Å². The Labute approximate surface area is 107 Å². The molecule has 0 radical (unpaired) electrons. The molecule has 1 saturated heterocycles. The number of rotatable bonds is 2. The highest BCUT2D eigenvalue weighted by molar-refractivity contribution is 6.33. The fourth-order valence-corrected chi connectivity index (χ4v) is 2.54. The molecule has 0 aromatic heterocycles. The van der Waals surface area contributed by atoms with Crippen LogP contribution < -0.4 is 10.2 Å². The molecular weight excluding hydrogens is 234 g/mol. The fourth-order valence-electron chi connectivity index (χ4n) is 2.22. The summed E-state index contributed by atoms with van der Waals surface area (Å²) in [6.07, 6.45) is 2.38. The minimum atomic E-state index is 0.481. The third kappa shape index (κ3) is 2.71. The number of piperidine rings is 1. The van der Waals surface area contributed by atoms with Gasteiger partial charge in [-0.1, -0.05) is 11.6 Å². The molecule has 3 nitrogen and oxygen atoms in total. The Morgan fingerprint density at radius 2 is 2.35 bits per heavy atom. The number of hydrogen-bond acceptors (Lipinski definition) is 3. The molecule has 1 aromatic carbocycles. The van der Waals surface area contributed by atoms with Crippen molar-refractivity contribution in [2.75, 3.05) is 25.0 Å². The van der Waals surface area contributed by atoms with E-state index in [0.717, 1.165) is 18.8 Å². The van der Waals surface area contributed by atoms with Crippen molar-refractivity contribution >= 4 is 17.3 Å². The second kappa shape index (κ2) is 5.39. The maximum Gasteiger partial charge on any atom is 0.0992 e. The van der Waals surface area contributed by atoms with Crippen LogP contribution in [0, 0.1) is 11.3 Å². The lowest BCUT2D eigenvalue weighted by molar-refractivity contribution is 0.445. The summed E-state index contributed by atoms with van der Waals surface area (Å²) in [7, 11) is 2.06. The van der Waals surface area contributed by atoms with Crippen LogP contribution in [0.15, 0.2) is 18.2 Å². The smallest absolute Gasteiger partial charge is 0.0992 e. The zero-order valence-corrected chi connectivity index (χ0v) is 10.7. The topological polar surface area (TPSA) is 39.1 Å². The first-order valence-electron chi connectivity index (χ1n) is 5.85. The molecule has 1 fully saturated rings. The Bertz CT molecular complexity index is 433. The highest BCUT2D eigenvalue weighted by Gasteiger charge is 2.19. The SMILES string of the molecule is CN(c1ccc(C#N)cc1Cl)C1CCCNC1. The zero-order chi connectivity index (χ0) is 12.3. The molecule has 1 aromatic rings. The quantitative estimate of drug-likeness (QED) is 0.875. The van der Waals surface area contributed by atoms with Crippen molar-refractivity contribution in [2.45, 2.75) is 18.9 Å². The number of benzene rings is 1. The monoisotopic (exact) mass is 249 g/mol. The highest BCUT2D eigenvalue weighted by Crippen LogP contribution is 2.28. The Kier molecular flexibility index (Phi) is 3.88. The van der Waals surface area contributed by atoms with E-state index < -0.39 is 0 Å². The lowest BCUT2D eigenvalue weighted by Crippen LogP contribution is -2.44. The predicted molar refractivity (Wildman–Crippen MR) is 70.5 cm³/mol. The Balaban J connectivity index is 2.18. The second-order valence-electron chi connectivity index (χ2n) is 4.39. The van der Waals surface area contributed by atoms with Crippen LogP contribution in [0.2, 0.25) is 5.02 Å². The van der Waals surface area contributed by atoms with Crippen molar-refractivity contribution in [1.29, 1.82) is 5.26 Å². The third-order valence-corrected chi connectivity index (χ3v) is 3.58. The van der Waals surface area contributed by atoms with Crippen molar-refractivity contribution in [2.24, 2.45) is 0 Å². The summed E-state index contributed by atoms with van der Waals surface area (Å²) in [5.41, 5.74) is 1.60. The zero-order valence-electron chi connectivity index (χ0n) is 9.91. The van der Waals surface area contributed by atoms with Crippen LogP contribution >= 0.6 is 11.6 Å². The highest BCUT2D eigenvalue weighted by atomic mass is 35.5. The molecule has 1 N–H and O–H groups in total. The maximum atomic E-state index is 8.81. The number of likely N-dealkylation sites (N-methyl/N-ethyl adjacent to an activating group) is 1. The summed E-state index contributed by atoms with van der Waals surface area (Å²) in [5, 5.41) is 12.8. The molecule has 1 atom stereocenters. The summed E-state index contributed by atoms with van der Waals surface area (Å²) >= 11 is 6.21. The molecule has 1 aliphatic heterocycles. The average Bonchev–Trinajstić information content (AvgIpc) is 2.39. The van der Waals surface area contributed by atoms with Gasteiger partial charge in [0.05, 0.1) is 22.3 Å². The molecule has 0 spiro atoms. The van der Waals surface area contributed by atoms with E-state index >= 15 is 0 Å². The Hall–Kier alpha value is -1.24. The van der Waals surface area contributed by atoms with Gasteiger partial charge in [-0.3, -0.25) is 0 Å². The van der Waals surface area contributed by atoms with Gasteiger partial charge in [-0.05, 0) is 37.6 Å². The third-order valence-electron chi connectivity index (χ3n) is 3.28. The number of nitriles is 1. The van der Waals surface area contributed by atoms with E-state index in [9.17, 15) is 0 Å². The molecule has 4 heteroatoms. The molecule has 2 rings (SSSR count). The molecule has 1 unspecified atom stereocenters. The normalized spacial score (nSPS) is 19.7. The van der Waals surface area contributed by atoms with Crippen molar-refractivity contribution < 1.29 is 0 Å². The van der Waals surface area contributed by atoms with E-state index in [1.807, 2.05) is 12.1 Å². The van der Waals surface area contributed by atoms with Crippen LogP contribution in [0.25, 0.3) is 0 Å². The van der Waals surface area contributed by atoms with Gasteiger partial charge in [0, 0.05) is 19.6 Å². The summed E-state index contributed by atoms with van der Waals surface area (Å²) in [6, 6.07) is 8.04. The van der Waals surface area contributed by atoms with Crippen LogP contribution in [0.3, 0.4) is 0 Å². The van der Waals surface area contributed by atoms with Gasteiger partial charge in [-0.25, -0.2) is 0 Å². The molecule has 0 bridgehead atoms. The average molecular weight is 250 g/mol. The Morgan fingerprint density at radius 3 is 2.94 bits per heavy atom. The van der Waals surface area contributed by atoms with Crippen LogP contribution in [-0.4, -0.2) is 26.2 Å². The van der Waals surface area contributed by atoms with Crippen LogP contribution in [0.1, 0.15) is 18.4 Å². The van der Waals surface area contributed by atoms with Crippen molar-refractivity contribution in [3.05, 3.63) is 28.8 Å². The molecule has 1 aliphatic rings. The van der Waals surface area contributed by atoms with E-state index in [1.54, 1.807) is 6.07 Å². The van der Waals surface area contributed by atoms with Crippen molar-refractivity contribution in [1.82, 2.24) is 5.32 Å². The van der Waals surface area contributed by atoms with Gasteiger partial charge in [-0.2, -0.15) is 5.26 Å². The Morgan fingerprint density at radius 1 is 1.53 bits per heavy atom. The number of anilines is 1. The lowest BCUT2D eigenvalue weighted by Gasteiger charge is -2.33. The largest absolute Gasteiger partial charge is 0.369 e. The fraction of sp³-hybridized carbons (Fsp3) is 0.462. The predicted octanol–water partition coefficient (Wildman–Crippen LogP) is 2.40. The second-order valence-corrected chi connectivity index (χ2v) is 4.80. The van der Waals surface area contributed by atoms with Crippen molar-refractivity contribution in [3.8, 4) is 6.07 Å². The molecule has 17 heavy (non-hydrogen) atoms. The summed E-state index contributed by atoms with van der Waals surface area (Å²) in [5.74, 6) is 0. The standard InChI is InChI=1S/C13H16ClN3/c1-17(11-3-2-6-16-9-11)13-5-4-10(8-15)7-12(13)14/h4-5,7,11,16H,2-3,6,9H2,1H3.